The van der Waals surface area contributed by atoms with E-state index >= 15 is 0 Å². The van der Waals surface area contributed by atoms with Crippen molar-refractivity contribution in [3.05, 3.63) is 11.3 Å². The molecule has 1 saturated carbocycles. The van der Waals surface area contributed by atoms with Crippen molar-refractivity contribution in [3.8, 4) is 0 Å². The van der Waals surface area contributed by atoms with E-state index in [1.807, 2.05) is 6.92 Å². The molecule has 1 heterocycles. The summed E-state index contributed by atoms with van der Waals surface area (Å²) >= 11 is 0. The number of H-pyrrole nitrogens is 1. The summed E-state index contributed by atoms with van der Waals surface area (Å²) in [4.78, 5) is 0. The van der Waals surface area contributed by atoms with Crippen LogP contribution in [0, 0.1) is 6.92 Å². The zero-order valence-electron chi connectivity index (χ0n) is 12.1. The molecule has 1 fully saturated rings. The third-order valence-electron chi connectivity index (χ3n) is 3.40. The van der Waals surface area contributed by atoms with E-state index < -0.39 is 10.0 Å². The molecule has 1 atom stereocenters. The summed E-state index contributed by atoms with van der Waals surface area (Å²) in [7, 11) is -2.07. The van der Waals surface area contributed by atoms with Gasteiger partial charge in [-0.05, 0) is 26.7 Å². The Kier molecular flexibility index (Phi) is 4.79. The molecule has 2 rings (SSSR count). The number of methoxy groups -OCH3 is 1. The number of nitrogens with one attached hydrogen (secondary N) is 3. The minimum absolute atomic E-state index is 0.0754. The second-order valence-corrected chi connectivity index (χ2v) is 6.87. The molecule has 0 spiro atoms. The van der Waals surface area contributed by atoms with Gasteiger partial charge in [0.05, 0.1) is 6.10 Å². The third-order valence-corrected chi connectivity index (χ3v) is 4.79. The Morgan fingerprint density at radius 1 is 1.50 bits per heavy atom. The van der Waals surface area contributed by atoms with Crippen molar-refractivity contribution < 1.29 is 13.2 Å². The predicted molar refractivity (Wildman–Crippen MR) is 74.8 cm³/mol. The molecule has 1 aromatic heterocycles. The van der Waals surface area contributed by atoms with Crippen molar-refractivity contribution in [2.75, 3.05) is 13.7 Å². The van der Waals surface area contributed by atoms with E-state index in [-0.39, 0.29) is 17.7 Å². The molecule has 0 bridgehead atoms. The van der Waals surface area contributed by atoms with Crippen LogP contribution in [0.5, 0.6) is 0 Å². The number of sulfonamides is 1. The lowest BCUT2D eigenvalue weighted by Crippen LogP contribution is -2.32. The van der Waals surface area contributed by atoms with E-state index in [2.05, 4.69) is 20.2 Å². The summed E-state index contributed by atoms with van der Waals surface area (Å²) in [5.74, 6) is 0. The van der Waals surface area contributed by atoms with Crippen LogP contribution in [0.1, 0.15) is 31.0 Å². The molecule has 0 radical (unpaired) electrons. The van der Waals surface area contributed by atoms with Crippen LogP contribution in [0.15, 0.2) is 5.03 Å². The molecule has 0 aromatic carbocycles. The molecule has 7 nitrogen and oxygen atoms in total. The van der Waals surface area contributed by atoms with Crippen LogP contribution in [0.4, 0.5) is 0 Å². The lowest BCUT2D eigenvalue weighted by Gasteiger charge is -2.11. The highest BCUT2D eigenvalue weighted by atomic mass is 32.2. The van der Waals surface area contributed by atoms with E-state index in [0.717, 1.165) is 18.5 Å². The molecule has 0 amide bonds. The molecule has 3 N–H and O–H groups in total. The van der Waals surface area contributed by atoms with E-state index in [9.17, 15) is 8.42 Å². The molecule has 1 aromatic rings. The lowest BCUT2D eigenvalue weighted by atomic mass is 10.2. The number of aryl methyl sites for hydroxylation is 1. The van der Waals surface area contributed by atoms with Gasteiger partial charge < -0.3 is 10.1 Å². The first-order valence-corrected chi connectivity index (χ1v) is 8.22. The number of hydrogen-bond acceptors (Lipinski definition) is 5. The van der Waals surface area contributed by atoms with Crippen LogP contribution >= 0.6 is 0 Å². The van der Waals surface area contributed by atoms with Crippen molar-refractivity contribution in [2.24, 2.45) is 0 Å². The summed E-state index contributed by atoms with van der Waals surface area (Å²) in [5, 5.41) is 10.1. The first-order chi connectivity index (χ1) is 9.44. The SMILES string of the molecule is COC(C)CNS(=O)(=O)c1n[nH]c(C)c1CNC1CC1. The van der Waals surface area contributed by atoms with Gasteiger partial charge in [0.25, 0.3) is 10.0 Å². The topological polar surface area (TPSA) is 96.1 Å². The lowest BCUT2D eigenvalue weighted by molar-refractivity contribution is 0.122. The normalized spacial score (nSPS) is 17.4. The summed E-state index contributed by atoms with van der Waals surface area (Å²) < 4.78 is 32.1. The standard InChI is InChI=1S/C12H22N4O3S/c1-8(19-3)6-14-20(17,18)12-11(9(2)15-16-12)7-13-10-4-5-10/h8,10,13-14H,4-7H2,1-3H3,(H,15,16). The van der Waals surface area contributed by atoms with Crippen LogP contribution < -0.4 is 10.0 Å². The molecule has 8 heteroatoms. The van der Waals surface area contributed by atoms with Gasteiger partial charge in [-0.2, -0.15) is 5.10 Å². The minimum Gasteiger partial charge on any atom is -0.380 e. The molecular weight excluding hydrogens is 280 g/mol. The van der Waals surface area contributed by atoms with Gasteiger partial charge >= 0.3 is 0 Å². The van der Waals surface area contributed by atoms with E-state index in [4.69, 9.17) is 4.74 Å². The second-order valence-electron chi connectivity index (χ2n) is 5.19. The van der Waals surface area contributed by atoms with Gasteiger partial charge in [-0.15, -0.1) is 0 Å². The Bertz CT molecular complexity index is 551. The smallest absolute Gasteiger partial charge is 0.260 e. The summed E-state index contributed by atoms with van der Waals surface area (Å²) in [6, 6.07) is 0.515. The summed E-state index contributed by atoms with van der Waals surface area (Å²) in [5.41, 5.74) is 1.48. The molecule has 1 unspecified atom stereocenters. The monoisotopic (exact) mass is 302 g/mol. The zero-order valence-corrected chi connectivity index (χ0v) is 12.9. The van der Waals surface area contributed by atoms with Crippen molar-refractivity contribution >= 4 is 10.0 Å². The van der Waals surface area contributed by atoms with Gasteiger partial charge in [0.1, 0.15) is 0 Å². The summed E-state index contributed by atoms with van der Waals surface area (Å²) in [6.45, 7) is 4.37. The van der Waals surface area contributed by atoms with Crippen molar-refractivity contribution in [3.63, 3.8) is 0 Å². The molecule has 0 aliphatic heterocycles. The largest absolute Gasteiger partial charge is 0.380 e. The number of hydrogen-bond donors (Lipinski definition) is 3. The van der Waals surface area contributed by atoms with Crippen molar-refractivity contribution in [1.82, 2.24) is 20.2 Å². The molecule has 0 saturated heterocycles. The minimum atomic E-state index is -3.62. The van der Waals surface area contributed by atoms with Crippen LogP contribution in [0.3, 0.4) is 0 Å². The van der Waals surface area contributed by atoms with E-state index in [1.165, 1.54) is 0 Å². The van der Waals surface area contributed by atoms with Gasteiger partial charge in [0, 0.05) is 37.5 Å². The molecular formula is C12H22N4O3S. The highest BCUT2D eigenvalue weighted by Crippen LogP contribution is 2.21. The molecule has 20 heavy (non-hydrogen) atoms. The Hall–Kier alpha value is -0.960. The van der Waals surface area contributed by atoms with Crippen LogP contribution in [-0.2, 0) is 21.3 Å². The molecule has 1 aliphatic carbocycles. The quantitative estimate of drug-likeness (QED) is 0.641. The van der Waals surface area contributed by atoms with Gasteiger partial charge in [-0.3, -0.25) is 5.10 Å². The Labute approximate surface area is 119 Å². The predicted octanol–water partition coefficient (Wildman–Crippen LogP) is 0.283. The number of aromatic amines is 1. The Balaban J connectivity index is 2.09. The highest BCUT2D eigenvalue weighted by molar-refractivity contribution is 7.89. The maximum atomic E-state index is 12.3. The second kappa shape index (κ2) is 6.21. The van der Waals surface area contributed by atoms with Crippen LogP contribution in [0.2, 0.25) is 0 Å². The first-order valence-electron chi connectivity index (χ1n) is 6.73. The number of aromatic nitrogens is 2. The van der Waals surface area contributed by atoms with E-state index in [0.29, 0.717) is 18.2 Å². The fraction of sp³-hybridized carbons (Fsp3) is 0.750. The zero-order chi connectivity index (χ0) is 14.8. The summed E-state index contributed by atoms with van der Waals surface area (Å²) in [6.07, 6.45) is 2.13. The maximum absolute atomic E-state index is 12.3. The van der Waals surface area contributed by atoms with Crippen LogP contribution in [0.25, 0.3) is 0 Å². The number of ether oxygens (including phenoxy) is 1. The molecule has 114 valence electrons. The van der Waals surface area contributed by atoms with Gasteiger partial charge in [-0.25, -0.2) is 13.1 Å². The van der Waals surface area contributed by atoms with Crippen molar-refractivity contribution in [1.29, 1.82) is 0 Å². The number of rotatable bonds is 8. The fourth-order valence-electron chi connectivity index (χ4n) is 1.77. The van der Waals surface area contributed by atoms with Crippen LogP contribution in [-0.4, -0.2) is 44.4 Å². The first kappa shape index (κ1) is 15.4. The average Bonchev–Trinajstić information content (AvgIpc) is 3.16. The Morgan fingerprint density at radius 3 is 2.80 bits per heavy atom. The Morgan fingerprint density at radius 2 is 2.20 bits per heavy atom. The van der Waals surface area contributed by atoms with Gasteiger partial charge in [0.2, 0.25) is 0 Å². The third kappa shape index (κ3) is 3.78. The number of nitrogens with zero attached hydrogens (tertiary/aromatic N) is 1. The maximum Gasteiger partial charge on any atom is 0.260 e. The van der Waals surface area contributed by atoms with E-state index in [1.54, 1.807) is 14.0 Å². The van der Waals surface area contributed by atoms with Gasteiger partial charge in [-0.1, -0.05) is 0 Å². The fourth-order valence-corrected chi connectivity index (χ4v) is 3.08. The molecule has 1 aliphatic rings. The highest BCUT2D eigenvalue weighted by Gasteiger charge is 2.26. The average molecular weight is 302 g/mol. The van der Waals surface area contributed by atoms with Crippen molar-refractivity contribution in [2.45, 2.75) is 50.4 Å². The van der Waals surface area contributed by atoms with Gasteiger partial charge in [0.15, 0.2) is 5.03 Å².